The van der Waals surface area contributed by atoms with E-state index >= 15 is 0 Å². The van der Waals surface area contributed by atoms with E-state index in [1.54, 1.807) is 0 Å². The fourth-order valence-electron chi connectivity index (χ4n) is 6.15. The van der Waals surface area contributed by atoms with Crippen LogP contribution in [0.5, 0.6) is 0 Å². The van der Waals surface area contributed by atoms with Gasteiger partial charge in [0.2, 0.25) is 0 Å². The van der Waals surface area contributed by atoms with E-state index < -0.39 is 27.1 Å². The highest BCUT2D eigenvalue weighted by Crippen LogP contribution is 2.39. The molecule has 0 fully saturated rings. The van der Waals surface area contributed by atoms with Crippen molar-refractivity contribution in [2.24, 2.45) is 0 Å². The van der Waals surface area contributed by atoms with Gasteiger partial charge in [-0.3, -0.25) is 0 Å². The van der Waals surface area contributed by atoms with Gasteiger partial charge in [-0.05, 0) is 33.4 Å². The first kappa shape index (κ1) is 32.2. The van der Waals surface area contributed by atoms with Gasteiger partial charge in [0.1, 0.15) is 18.3 Å². The predicted molar refractivity (Wildman–Crippen MR) is 199 cm³/mol. The summed E-state index contributed by atoms with van der Waals surface area (Å²) >= 11 is 0. The van der Waals surface area contributed by atoms with Gasteiger partial charge in [0, 0.05) is 5.19 Å². The van der Waals surface area contributed by atoms with Gasteiger partial charge in [-0.15, -0.1) is 0 Å². The molecule has 0 aliphatic carbocycles. The third kappa shape index (κ3) is 7.70. The van der Waals surface area contributed by atoms with Crippen LogP contribution in [-0.2, 0) is 13.3 Å². The van der Waals surface area contributed by atoms with Crippen LogP contribution in [0, 0.1) is 0 Å². The fourth-order valence-corrected chi connectivity index (χ4v) is 9.07. The highest BCUT2D eigenvalue weighted by atomic mass is 28.4. The summed E-state index contributed by atoms with van der Waals surface area (Å²) in [5.74, 6) is 0. The van der Waals surface area contributed by atoms with Gasteiger partial charge >= 0.3 is 8.80 Å². The minimum absolute atomic E-state index is 0.478. The van der Waals surface area contributed by atoms with Crippen LogP contribution in [0.15, 0.2) is 212 Å². The lowest BCUT2D eigenvalue weighted by Crippen LogP contribution is -2.58. The van der Waals surface area contributed by atoms with Crippen LogP contribution < -0.4 is 5.19 Å². The molecule has 0 saturated carbocycles. The lowest BCUT2D eigenvalue weighted by atomic mass is 10.0. The smallest absolute Gasteiger partial charge is 0.358 e. The molecule has 0 saturated heterocycles. The van der Waals surface area contributed by atoms with Crippen molar-refractivity contribution >= 4 is 14.0 Å². The molecule has 0 radical (unpaired) electrons. The van der Waals surface area contributed by atoms with E-state index in [9.17, 15) is 0 Å². The van der Waals surface area contributed by atoms with Gasteiger partial charge in [0.05, 0.1) is 0 Å². The largest absolute Gasteiger partial charge is 0.539 e. The second kappa shape index (κ2) is 15.7. The van der Waals surface area contributed by atoms with Gasteiger partial charge < -0.3 is 13.3 Å². The lowest BCUT2D eigenvalue weighted by molar-refractivity contribution is 0.0152. The quantitative estimate of drug-likeness (QED) is 0.116. The molecule has 7 aromatic rings. The molecule has 7 rings (SSSR count). The standard InChI is InChI=1S/C45H38O3Si/c1-8-22-36(23-9-1)43(37-24-10-2-11-25-37)46-49(42-34-20-7-21-35-42,47-44(38-26-12-3-13-27-38)39-28-14-4-15-29-39)48-45(40-30-16-5-17-31-40)41-32-18-6-19-33-41/h1-35,43-45H. The molecule has 0 aliphatic rings. The van der Waals surface area contributed by atoms with E-state index in [4.69, 9.17) is 13.3 Å². The van der Waals surface area contributed by atoms with Crippen LogP contribution in [0.25, 0.3) is 0 Å². The maximum atomic E-state index is 7.64. The second-order valence-electron chi connectivity index (χ2n) is 11.9. The molecule has 0 amide bonds. The van der Waals surface area contributed by atoms with Crippen molar-refractivity contribution in [3.63, 3.8) is 0 Å². The Kier molecular flexibility index (Phi) is 10.3. The Morgan fingerprint density at radius 1 is 0.245 bits per heavy atom. The molecule has 0 spiro atoms. The Bertz CT molecular complexity index is 1650. The maximum Gasteiger partial charge on any atom is 0.539 e. The van der Waals surface area contributed by atoms with Crippen LogP contribution in [0.4, 0.5) is 0 Å². The molecule has 3 nitrogen and oxygen atoms in total. The molecule has 0 unspecified atom stereocenters. The highest BCUT2D eigenvalue weighted by molar-refractivity contribution is 6.75. The molecule has 0 heterocycles. The molecule has 0 bridgehead atoms. The molecule has 49 heavy (non-hydrogen) atoms. The zero-order chi connectivity index (χ0) is 33.1. The van der Waals surface area contributed by atoms with Gasteiger partial charge in [0.15, 0.2) is 0 Å². The Morgan fingerprint density at radius 2 is 0.429 bits per heavy atom. The summed E-state index contributed by atoms with van der Waals surface area (Å²) in [6, 6.07) is 72.4. The fraction of sp³-hybridized carbons (Fsp3) is 0.0667. The van der Waals surface area contributed by atoms with Crippen molar-refractivity contribution in [3.8, 4) is 0 Å². The SMILES string of the molecule is c1ccc(C(O[Si](OC(c2ccccc2)c2ccccc2)(OC(c2ccccc2)c2ccccc2)c2ccccc2)c2ccccc2)cc1. The van der Waals surface area contributed by atoms with Crippen LogP contribution in [0.1, 0.15) is 51.7 Å². The molecular weight excluding hydrogens is 617 g/mol. The Hall–Kier alpha value is -5.36. The molecule has 0 aromatic heterocycles. The Balaban J connectivity index is 1.48. The summed E-state index contributed by atoms with van der Waals surface area (Å²) in [6.07, 6.45) is -1.43. The van der Waals surface area contributed by atoms with Crippen molar-refractivity contribution in [1.82, 2.24) is 0 Å². The number of rotatable bonds is 13. The van der Waals surface area contributed by atoms with E-state index in [2.05, 4.69) is 158 Å². The van der Waals surface area contributed by atoms with Crippen molar-refractivity contribution in [3.05, 3.63) is 246 Å². The molecule has 0 atom stereocenters. The molecule has 4 heteroatoms. The second-order valence-corrected chi connectivity index (χ2v) is 14.3. The zero-order valence-corrected chi connectivity index (χ0v) is 28.2. The molecular formula is C45H38O3Si. The van der Waals surface area contributed by atoms with E-state index in [1.165, 1.54) is 0 Å². The van der Waals surface area contributed by atoms with Gasteiger partial charge in [-0.25, -0.2) is 0 Å². The first-order chi connectivity index (χ1) is 24.3. The average Bonchev–Trinajstić information content (AvgIpc) is 3.20. The molecule has 240 valence electrons. The number of benzene rings is 7. The summed E-state index contributed by atoms with van der Waals surface area (Å²) in [4.78, 5) is 0. The van der Waals surface area contributed by atoms with Gasteiger partial charge in [-0.1, -0.05) is 212 Å². The van der Waals surface area contributed by atoms with Crippen molar-refractivity contribution in [2.75, 3.05) is 0 Å². The Labute approximate surface area is 290 Å². The summed E-state index contributed by atoms with van der Waals surface area (Å²) in [5.41, 5.74) is 6.09. The first-order valence-corrected chi connectivity index (χ1v) is 18.4. The maximum absolute atomic E-state index is 7.64. The Morgan fingerprint density at radius 3 is 0.633 bits per heavy atom. The molecule has 7 aromatic carbocycles. The van der Waals surface area contributed by atoms with E-state index in [1.807, 2.05) is 54.6 Å². The zero-order valence-electron chi connectivity index (χ0n) is 27.2. The van der Waals surface area contributed by atoms with Crippen LogP contribution in [-0.4, -0.2) is 8.80 Å². The predicted octanol–water partition coefficient (Wildman–Crippen LogP) is 10.3. The van der Waals surface area contributed by atoms with Crippen LogP contribution in [0.3, 0.4) is 0 Å². The molecule has 0 aliphatic heterocycles. The minimum atomic E-state index is -3.96. The van der Waals surface area contributed by atoms with Crippen LogP contribution in [0.2, 0.25) is 0 Å². The average molecular weight is 655 g/mol. The van der Waals surface area contributed by atoms with E-state index in [-0.39, 0.29) is 0 Å². The minimum Gasteiger partial charge on any atom is -0.358 e. The normalized spacial score (nSPS) is 11.7. The van der Waals surface area contributed by atoms with Gasteiger partial charge in [0.25, 0.3) is 0 Å². The first-order valence-electron chi connectivity index (χ1n) is 16.7. The lowest BCUT2D eigenvalue weighted by Gasteiger charge is -2.39. The molecule has 0 N–H and O–H groups in total. The summed E-state index contributed by atoms with van der Waals surface area (Å²) < 4.78 is 22.9. The summed E-state index contributed by atoms with van der Waals surface area (Å²) in [5, 5.41) is 0.876. The van der Waals surface area contributed by atoms with Crippen LogP contribution >= 0.6 is 0 Å². The number of hydrogen-bond donors (Lipinski definition) is 0. The monoisotopic (exact) mass is 654 g/mol. The third-order valence-corrected chi connectivity index (χ3v) is 11.2. The topological polar surface area (TPSA) is 27.7 Å². The third-order valence-electron chi connectivity index (χ3n) is 8.56. The van der Waals surface area contributed by atoms with E-state index in [0.29, 0.717) is 0 Å². The summed E-state index contributed by atoms with van der Waals surface area (Å²) in [7, 11) is -3.96. The van der Waals surface area contributed by atoms with Crippen molar-refractivity contribution in [1.29, 1.82) is 0 Å². The van der Waals surface area contributed by atoms with E-state index in [0.717, 1.165) is 38.6 Å². The van der Waals surface area contributed by atoms with Crippen molar-refractivity contribution < 1.29 is 13.3 Å². The van der Waals surface area contributed by atoms with Crippen molar-refractivity contribution in [2.45, 2.75) is 18.3 Å². The number of hydrogen-bond acceptors (Lipinski definition) is 3. The summed E-state index contributed by atoms with van der Waals surface area (Å²) in [6.45, 7) is 0. The highest BCUT2D eigenvalue weighted by Gasteiger charge is 2.51. The van der Waals surface area contributed by atoms with Gasteiger partial charge in [-0.2, -0.15) is 0 Å².